The van der Waals surface area contributed by atoms with E-state index in [9.17, 15) is 4.79 Å². The lowest BCUT2D eigenvalue weighted by Crippen LogP contribution is -2.33. The summed E-state index contributed by atoms with van der Waals surface area (Å²) in [6.45, 7) is 3.25. The molecule has 0 heterocycles. The van der Waals surface area contributed by atoms with E-state index in [-0.39, 0.29) is 5.91 Å². The van der Waals surface area contributed by atoms with Crippen molar-refractivity contribution in [2.24, 2.45) is 5.92 Å². The molecule has 3 nitrogen and oxygen atoms in total. The van der Waals surface area contributed by atoms with Gasteiger partial charge in [0.25, 0.3) is 0 Å². The van der Waals surface area contributed by atoms with Crippen LogP contribution in [0.15, 0.2) is 0 Å². The van der Waals surface area contributed by atoms with E-state index in [1.54, 1.807) is 4.90 Å². The van der Waals surface area contributed by atoms with Crippen molar-refractivity contribution in [3.05, 3.63) is 0 Å². The minimum atomic E-state index is 0.232. The van der Waals surface area contributed by atoms with E-state index in [1.165, 1.54) is 25.7 Å². The fourth-order valence-corrected chi connectivity index (χ4v) is 2.42. The van der Waals surface area contributed by atoms with Crippen molar-refractivity contribution in [2.75, 3.05) is 20.6 Å². The maximum absolute atomic E-state index is 11.3. The molecule has 1 N–H and O–H groups in total. The van der Waals surface area contributed by atoms with E-state index in [2.05, 4.69) is 12.2 Å². The number of carbonyl (C=O) groups is 1. The summed E-state index contributed by atoms with van der Waals surface area (Å²) in [4.78, 5) is 13.0. The lowest BCUT2D eigenvalue weighted by Gasteiger charge is -2.20. The van der Waals surface area contributed by atoms with Crippen LogP contribution in [0.25, 0.3) is 0 Å². The van der Waals surface area contributed by atoms with Crippen molar-refractivity contribution >= 4 is 5.91 Å². The van der Waals surface area contributed by atoms with Crippen molar-refractivity contribution in [2.45, 2.75) is 51.5 Å². The van der Waals surface area contributed by atoms with Gasteiger partial charge in [0.05, 0.1) is 0 Å². The highest BCUT2D eigenvalue weighted by Gasteiger charge is 2.20. The van der Waals surface area contributed by atoms with E-state index in [0.29, 0.717) is 12.5 Å². The van der Waals surface area contributed by atoms with Gasteiger partial charge in [-0.2, -0.15) is 0 Å². The van der Waals surface area contributed by atoms with Gasteiger partial charge in [0.1, 0.15) is 0 Å². The second-order valence-electron chi connectivity index (χ2n) is 5.18. The first-order valence-electron chi connectivity index (χ1n) is 6.55. The molecule has 1 aliphatic rings. The maximum Gasteiger partial charge on any atom is 0.222 e. The van der Waals surface area contributed by atoms with Crippen LogP contribution < -0.4 is 5.32 Å². The predicted molar refractivity (Wildman–Crippen MR) is 67.4 cm³/mol. The third kappa shape index (κ3) is 4.52. The number of hydrogen-bond acceptors (Lipinski definition) is 2. The zero-order valence-corrected chi connectivity index (χ0v) is 11.0. The Hall–Kier alpha value is -0.570. The number of carbonyl (C=O) groups excluding carboxylic acids is 1. The normalized spacial score (nSPS) is 18.7. The predicted octanol–water partition coefficient (Wildman–Crippen LogP) is 2.02. The number of amides is 1. The average Bonchev–Trinajstić information content (AvgIpc) is 2.76. The molecule has 1 atom stereocenters. The minimum Gasteiger partial charge on any atom is -0.349 e. The molecule has 0 saturated heterocycles. The molecule has 1 fully saturated rings. The van der Waals surface area contributed by atoms with Gasteiger partial charge in [-0.05, 0) is 38.6 Å². The Morgan fingerprint density at radius 3 is 2.56 bits per heavy atom. The van der Waals surface area contributed by atoms with Crippen LogP contribution in [0.4, 0.5) is 0 Å². The first-order valence-corrected chi connectivity index (χ1v) is 6.55. The standard InChI is InChI=1S/C13H26N2O/c1-11(12-7-4-5-8-12)14-10-6-9-13(16)15(2)3/h11-12,14H,4-10H2,1-3H3/t11-/m1/s1. The Morgan fingerprint density at radius 1 is 1.38 bits per heavy atom. The van der Waals surface area contributed by atoms with Crippen LogP contribution in [0.3, 0.4) is 0 Å². The van der Waals surface area contributed by atoms with Gasteiger partial charge in [-0.1, -0.05) is 12.8 Å². The van der Waals surface area contributed by atoms with E-state index in [1.807, 2.05) is 14.1 Å². The first-order chi connectivity index (χ1) is 7.61. The van der Waals surface area contributed by atoms with Crippen molar-refractivity contribution < 1.29 is 4.79 Å². The van der Waals surface area contributed by atoms with Gasteiger partial charge < -0.3 is 10.2 Å². The molecular formula is C13H26N2O. The molecule has 3 heteroatoms. The lowest BCUT2D eigenvalue weighted by atomic mass is 10.00. The van der Waals surface area contributed by atoms with Crippen LogP contribution in [0, 0.1) is 5.92 Å². The third-order valence-electron chi connectivity index (χ3n) is 3.64. The summed E-state index contributed by atoms with van der Waals surface area (Å²) in [5.74, 6) is 1.10. The monoisotopic (exact) mass is 226 g/mol. The summed E-state index contributed by atoms with van der Waals surface area (Å²) in [6.07, 6.45) is 7.17. The van der Waals surface area contributed by atoms with Crippen molar-refractivity contribution in [1.82, 2.24) is 10.2 Å². The first kappa shape index (κ1) is 13.5. The molecule has 0 aromatic heterocycles. The molecule has 1 rings (SSSR count). The summed E-state index contributed by atoms with van der Waals surface area (Å²) in [7, 11) is 3.63. The highest BCUT2D eigenvalue weighted by atomic mass is 16.2. The van der Waals surface area contributed by atoms with Crippen LogP contribution in [-0.2, 0) is 4.79 Å². The van der Waals surface area contributed by atoms with Gasteiger partial charge in [-0.15, -0.1) is 0 Å². The summed E-state index contributed by atoms with van der Waals surface area (Å²) in [5, 5.41) is 3.55. The van der Waals surface area contributed by atoms with Gasteiger partial charge in [-0.3, -0.25) is 4.79 Å². The molecule has 0 bridgehead atoms. The van der Waals surface area contributed by atoms with Crippen LogP contribution in [0.2, 0.25) is 0 Å². The minimum absolute atomic E-state index is 0.232. The summed E-state index contributed by atoms with van der Waals surface area (Å²) < 4.78 is 0. The Balaban J connectivity index is 2.04. The zero-order valence-electron chi connectivity index (χ0n) is 11.0. The van der Waals surface area contributed by atoms with Gasteiger partial charge in [0.2, 0.25) is 5.91 Å². The fourth-order valence-electron chi connectivity index (χ4n) is 2.42. The summed E-state index contributed by atoms with van der Waals surface area (Å²) in [6, 6.07) is 0.622. The topological polar surface area (TPSA) is 32.3 Å². The quantitative estimate of drug-likeness (QED) is 0.703. The second-order valence-corrected chi connectivity index (χ2v) is 5.18. The van der Waals surface area contributed by atoms with Gasteiger partial charge in [0, 0.05) is 26.6 Å². The molecule has 1 aliphatic carbocycles. The van der Waals surface area contributed by atoms with Crippen LogP contribution in [0.1, 0.15) is 45.4 Å². The molecule has 0 radical (unpaired) electrons. The molecular weight excluding hydrogens is 200 g/mol. The Morgan fingerprint density at radius 2 is 2.00 bits per heavy atom. The molecule has 16 heavy (non-hydrogen) atoms. The van der Waals surface area contributed by atoms with Gasteiger partial charge in [-0.25, -0.2) is 0 Å². The number of nitrogens with one attached hydrogen (secondary N) is 1. The highest BCUT2D eigenvalue weighted by molar-refractivity contribution is 5.75. The molecule has 0 spiro atoms. The van der Waals surface area contributed by atoms with Crippen LogP contribution in [0.5, 0.6) is 0 Å². The lowest BCUT2D eigenvalue weighted by molar-refractivity contribution is -0.128. The summed E-state index contributed by atoms with van der Waals surface area (Å²) >= 11 is 0. The van der Waals surface area contributed by atoms with Gasteiger partial charge >= 0.3 is 0 Å². The van der Waals surface area contributed by atoms with Crippen molar-refractivity contribution in [1.29, 1.82) is 0 Å². The largest absolute Gasteiger partial charge is 0.349 e. The molecule has 0 aliphatic heterocycles. The smallest absolute Gasteiger partial charge is 0.222 e. The van der Waals surface area contributed by atoms with Crippen molar-refractivity contribution in [3.8, 4) is 0 Å². The van der Waals surface area contributed by atoms with E-state index in [4.69, 9.17) is 0 Å². The maximum atomic E-state index is 11.3. The number of nitrogens with zero attached hydrogens (tertiary/aromatic N) is 1. The van der Waals surface area contributed by atoms with E-state index >= 15 is 0 Å². The number of hydrogen-bond donors (Lipinski definition) is 1. The van der Waals surface area contributed by atoms with E-state index < -0.39 is 0 Å². The third-order valence-corrected chi connectivity index (χ3v) is 3.64. The SMILES string of the molecule is C[C@@H](NCCCC(=O)N(C)C)C1CCCC1. The number of rotatable bonds is 6. The van der Waals surface area contributed by atoms with Crippen LogP contribution >= 0.6 is 0 Å². The van der Waals surface area contributed by atoms with Gasteiger partial charge in [0.15, 0.2) is 0 Å². The Bertz CT molecular complexity index is 210. The van der Waals surface area contributed by atoms with Crippen LogP contribution in [-0.4, -0.2) is 37.5 Å². The molecule has 1 saturated carbocycles. The van der Waals surface area contributed by atoms with Crippen molar-refractivity contribution in [3.63, 3.8) is 0 Å². The second kappa shape index (κ2) is 6.89. The fraction of sp³-hybridized carbons (Fsp3) is 0.923. The molecule has 94 valence electrons. The zero-order chi connectivity index (χ0) is 12.0. The molecule has 0 aromatic carbocycles. The Labute approximate surface area is 99.6 Å². The summed E-state index contributed by atoms with van der Waals surface area (Å²) in [5.41, 5.74) is 0. The molecule has 0 unspecified atom stereocenters. The molecule has 1 amide bonds. The highest BCUT2D eigenvalue weighted by Crippen LogP contribution is 2.27. The molecule has 0 aromatic rings. The average molecular weight is 226 g/mol. The van der Waals surface area contributed by atoms with E-state index in [0.717, 1.165) is 18.9 Å². The Kier molecular flexibility index (Phi) is 5.81.